The lowest BCUT2D eigenvalue weighted by molar-refractivity contribution is 0.121. The Balaban J connectivity index is 1.92. The van der Waals surface area contributed by atoms with Crippen LogP contribution in [0.25, 0.3) is 0 Å². The summed E-state index contributed by atoms with van der Waals surface area (Å²) in [7, 11) is 4.22. The van der Waals surface area contributed by atoms with Gasteiger partial charge in [0.1, 0.15) is 0 Å². The molecule has 1 heterocycles. The van der Waals surface area contributed by atoms with E-state index < -0.39 is 0 Å². The molecule has 0 spiro atoms. The molecule has 1 saturated heterocycles. The predicted molar refractivity (Wildman–Crippen MR) is 68.2 cm³/mol. The third-order valence-electron chi connectivity index (χ3n) is 4.11. The lowest BCUT2D eigenvalue weighted by Crippen LogP contribution is -2.53. The number of piperidine rings is 1. The van der Waals surface area contributed by atoms with Crippen LogP contribution in [0.15, 0.2) is 0 Å². The Morgan fingerprint density at radius 2 is 1.75 bits per heavy atom. The van der Waals surface area contributed by atoms with Crippen LogP contribution < -0.4 is 10.7 Å². The van der Waals surface area contributed by atoms with Crippen molar-refractivity contribution in [2.75, 3.05) is 20.6 Å². The van der Waals surface area contributed by atoms with Gasteiger partial charge in [-0.2, -0.15) is 0 Å². The van der Waals surface area contributed by atoms with Crippen LogP contribution in [0.4, 0.5) is 0 Å². The molecule has 94 valence electrons. The summed E-state index contributed by atoms with van der Waals surface area (Å²) in [5.41, 5.74) is 3.62. The van der Waals surface area contributed by atoms with E-state index in [1.54, 1.807) is 0 Å². The molecule has 2 fully saturated rings. The van der Waals surface area contributed by atoms with Crippen molar-refractivity contribution in [2.24, 2.45) is 5.92 Å². The van der Waals surface area contributed by atoms with E-state index in [4.69, 9.17) is 0 Å². The van der Waals surface area contributed by atoms with Gasteiger partial charge < -0.3 is 5.32 Å². The van der Waals surface area contributed by atoms with Gasteiger partial charge in [-0.1, -0.05) is 19.3 Å². The van der Waals surface area contributed by atoms with Crippen molar-refractivity contribution >= 4 is 0 Å². The zero-order valence-electron chi connectivity index (χ0n) is 10.8. The molecule has 0 aromatic rings. The molecule has 1 aliphatic carbocycles. The molecule has 3 heteroatoms. The Bertz CT molecular complexity index is 199. The number of hydrazine groups is 1. The van der Waals surface area contributed by atoms with Crippen LogP contribution in [0, 0.1) is 5.92 Å². The standard InChI is InChI=1S/C13H27N3/c1-16(2)15-13-9-4-3-7-11(13)12-8-5-6-10-14-12/h11-15H,3-10H2,1-2H3. The van der Waals surface area contributed by atoms with Gasteiger partial charge in [0.2, 0.25) is 0 Å². The Kier molecular flexibility index (Phi) is 4.62. The van der Waals surface area contributed by atoms with Gasteiger partial charge in [-0.15, -0.1) is 0 Å². The molecule has 0 aromatic heterocycles. The van der Waals surface area contributed by atoms with E-state index in [1.807, 2.05) is 0 Å². The Morgan fingerprint density at radius 1 is 1.00 bits per heavy atom. The first kappa shape index (κ1) is 12.3. The second kappa shape index (κ2) is 5.99. The molecular weight excluding hydrogens is 198 g/mol. The van der Waals surface area contributed by atoms with Gasteiger partial charge in [0.25, 0.3) is 0 Å². The summed E-state index contributed by atoms with van der Waals surface area (Å²) in [4.78, 5) is 0. The topological polar surface area (TPSA) is 27.3 Å². The number of hydrogen-bond acceptors (Lipinski definition) is 3. The van der Waals surface area contributed by atoms with Crippen molar-refractivity contribution in [1.29, 1.82) is 0 Å². The number of nitrogens with zero attached hydrogens (tertiary/aromatic N) is 1. The molecule has 3 atom stereocenters. The van der Waals surface area contributed by atoms with Crippen molar-refractivity contribution in [1.82, 2.24) is 15.8 Å². The van der Waals surface area contributed by atoms with E-state index in [0.717, 1.165) is 12.0 Å². The van der Waals surface area contributed by atoms with Crippen molar-refractivity contribution in [2.45, 2.75) is 57.0 Å². The molecule has 2 N–H and O–H groups in total. The average molecular weight is 225 g/mol. The highest BCUT2D eigenvalue weighted by Crippen LogP contribution is 2.30. The first-order chi connectivity index (χ1) is 7.77. The first-order valence-electron chi connectivity index (χ1n) is 6.94. The second-order valence-electron chi connectivity index (χ2n) is 5.63. The van der Waals surface area contributed by atoms with Gasteiger partial charge in [0, 0.05) is 26.2 Å². The Hall–Kier alpha value is -0.120. The molecule has 2 aliphatic rings. The van der Waals surface area contributed by atoms with E-state index in [0.29, 0.717) is 6.04 Å². The maximum Gasteiger partial charge on any atom is 0.0258 e. The molecule has 0 amide bonds. The van der Waals surface area contributed by atoms with Crippen LogP contribution in [0.1, 0.15) is 44.9 Å². The smallest absolute Gasteiger partial charge is 0.0258 e. The highest BCUT2D eigenvalue weighted by atomic mass is 15.5. The van der Waals surface area contributed by atoms with E-state index in [9.17, 15) is 0 Å². The van der Waals surface area contributed by atoms with Crippen molar-refractivity contribution in [3.63, 3.8) is 0 Å². The summed E-state index contributed by atoms with van der Waals surface area (Å²) < 4.78 is 0. The summed E-state index contributed by atoms with van der Waals surface area (Å²) in [5.74, 6) is 0.844. The minimum absolute atomic E-state index is 0.694. The molecule has 16 heavy (non-hydrogen) atoms. The second-order valence-corrected chi connectivity index (χ2v) is 5.63. The maximum absolute atomic E-state index is 3.73. The largest absolute Gasteiger partial charge is 0.314 e. The minimum atomic E-state index is 0.694. The van der Waals surface area contributed by atoms with Crippen LogP contribution >= 0.6 is 0 Å². The van der Waals surface area contributed by atoms with Crippen molar-refractivity contribution in [3.05, 3.63) is 0 Å². The van der Waals surface area contributed by atoms with Gasteiger partial charge in [-0.25, -0.2) is 0 Å². The maximum atomic E-state index is 3.73. The fraction of sp³-hybridized carbons (Fsp3) is 1.00. The molecule has 2 rings (SSSR count). The zero-order chi connectivity index (χ0) is 11.4. The number of nitrogens with one attached hydrogen (secondary N) is 2. The third-order valence-corrected chi connectivity index (χ3v) is 4.11. The van der Waals surface area contributed by atoms with Crippen molar-refractivity contribution in [3.8, 4) is 0 Å². The molecule has 3 unspecified atom stereocenters. The van der Waals surface area contributed by atoms with E-state index >= 15 is 0 Å². The molecule has 0 bridgehead atoms. The van der Waals surface area contributed by atoms with E-state index in [1.165, 1.54) is 51.5 Å². The zero-order valence-corrected chi connectivity index (χ0v) is 10.8. The number of hydrogen-bond donors (Lipinski definition) is 2. The van der Waals surface area contributed by atoms with Crippen LogP contribution in [-0.4, -0.2) is 37.7 Å². The lowest BCUT2D eigenvalue weighted by Gasteiger charge is -2.40. The molecule has 0 radical (unpaired) electrons. The first-order valence-corrected chi connectivity index (χ1v) is 6.94. The number of rotatable bonds is 3. The fourth-order valence-corrected chi connectivity index (χ4v) is 3.38. The third kappa shape index (κ3) is 3.19. The van der Waals surface area contributed by atoms with Gasteiger partial charge in [0.05, 0.1) is 0 Å². The summed E-state index contributed by atoms with van der Waals surface area (Å²) in [5, 5.41) is 5.86. The average Bonchev–Trinajstić information content (AvgIpc) is 2.30. The highest BCUT2D eigenvalue weighted by Gasteiger charge is 2.32. The van der Waals surface area contributed by atoms with Gasteiger partial charge >= 0.3 is 0 Å². The normalized spacial score (nSPS) is 36.6. The molecule has 1 saturated carbocycles. The summed E-state index contributed by atoms with van der Waals surface area (Å²) in [6, 6.07) is 1.46. The van der Waals surface area contributed by atoms with Gasteiger partial charge in [0.15, 0.2) is 0 Å². The molecule has 0 aromatic carbocycles. The van der Waals surface area contributed by atoms with Gasteiger partial charge in [-0.3, -0.25) is 10.4 Å². The van der Waals surface area contributed by atoms with Crippen LogP contribution in [0.3, 0.4) is 0 Å². The van der Waals surface area contributed by atoms with Crippen molar-refractivity contribution < 1.29 is 0 Å². The SMILES string of the molecule is CN(C)NC1CCCCC1C1CCCCN1. The summed E-state index contributed by atoms with van der Waals surface area (Å²) in [6.45, 7) is 1.23. The predicted octanol–water partition coefficient (Wildman–Crippen LogP) is 1.75. The van der Waals surface area contributed by atoms with Crippen LogP contribution in [0.5, 0.6) is 0 Å². The Labute approximate surface area is 99.9 Å². The monoisotopic (exact) mass is 225 g/mol. The summed E-state index contributed by atoms with van der Waals surface area (Å²) >= 11 is 0. The minimum Gasteiger partial charge on any atom is -0.314 e. The van der Waals surface area contributed by atoms with Crippen LogP contribution in [-0.2, 0) is 0 Å². The van der Waals surface area contributed by atoms with Crippen LogP contribution in [0.2, 0.25) is 0 Å². The molecule has 1 aliphatic heterocycles. The van der Waals surface area contributed by atoms with E-state index in [-0.39, 0.29) is 0 Å². The van der Waals surface area contributed by atoms with E-state index in [2.05, 4.69) is 29.8 Å². The lowest BCUT2D eigenvalue weighted by atomic mass is 9.77. The quantitative estimate of drug-likeness (QED) is 0.717. The summed E-state index contributed by atoms with van der Waals surface area (Å²) in [6.07, 6.45) is 9.75. The van der Waals surface area contributed by atoms with Gasteiger partial charge in [-0.05, 0) is 38.1 Å². The molecule has 3 nitrogen and oxygen atoms in total. The fourth-order valence-electron chi connectivity index (χ4n) is 3.38. The highest BCUT2D eigenvalue weighted by molar-refractivity contribution is 4.89. The Morgan fingerprint density at radius 3 is 2.44 bits per heavy atom. The molecular formula is C13H27N3.